The summed E-state index contributed by atoms with van der Waals surface area (Å²) in [5.74, 6) is -0.281. The number of para-hydroxylation sites is 1. The third-order valence-corrected chi connectivity index (χ3v) is 7.61. The summed E-state index contributed by atoms with van der Waals surface area (Å²) in [4.78, 5) is 26.2. The van der Waals surface area contributed by atoms with Crippen molar-refractivity contribution in [3.8, 4) is 0 Å². The van der Waals surface area contributed by atoms with E-state index < -0.39 is 12.0 Å². The third kappa shape index (κ3) is 3.19. The van der Waals surface area contributed by atoms with Gasteiger partial charge in [-0.2, -0.15) is 0 Å². The van der Waals surface area contributed by atoms with E-state index >= 15 is 0 Å². The van der Waals surface area contributed by atoms with Gasteiger partial charge in [-0.15, -0.1) is 6.58 Å². The molecule has 1 saturated carbocycles. The van der Waals surface area contributed by atoms with Gasteiger partial charge >= 0.3 is 5.97 Å². The van der Waals surface area contributed by atoms with E-state index in [0.29, 0.717) is 18.7 Å². The minimum absolute atomic E-state index is 0.0936. The predicted octanol–water partition coefficient (Wildman–Crippen LogP) is 2.33. The number of nitrogens with zero attached hydrogens (tertiary/aromatic N) is 1. The van der Waals surface area contributed by atoms with Crippen LogP contribution in [0.2, 0.25) is 0 Å². The van der Waals surface area contributed by atoms with E-state index in [1.54, 1.807) is 0 Å². The molecule has 0 unspecified atom stereocenters. The highest BCUT2D eigenvalue weighted by Crippen LogP contribution is 2.52. The Balaban J connectivity index is 1.71. The maximum Gasteiger partial charge on any atom is 0.311 e. The average Bonchev–Trinajstić information content (AvgIpc) is 3.11. The van der Waals surface area contributed by atoms with Crippen molar-refractivity contribution in [2.24, 2.45) is 17.8 Å². The molecule has 1 aromatic rings. The largest absolute Gasteiger partial charge is 0.469 e. The number of nitrogens with one attached hydrogen (secondary N) is 1. The van der Waals surface area contributed by atoms with Gasteiger partial charge in [0.15, 0.2) is 0 Å². The molecule has 0 aromatic heterocycles. The fourth-order valence-corrected chi connectivity index (χ4v) is 6.25. The molecule has 6 nitrogen and oxygen atoms in total. The maximum atomic E-state index is 12.5. The monoisotopic (exact) mass is 398 g/mol. The quantitative estimate of drug-likeness (QED) is 0.452. The minimum Gasteiger partial charge on any atom is -0.469 e. The van der Waals surface area contributed by atoms with Crippen LogP contribution in [0, 0.1) is 17.8 Å². The first-order valence-electron chi connectivity index (χ1n) is 10.5. The molecular formula is C23H30N2O4. The third-order valence-electron chi connectivity index (χ3n) is 7.61. The van der Waals surface area contributed by atoms with Gasteiger partial charge in [-0.25, -0.2) is 0 Å². The number of aliphatic hydroxyl groups is 1. The van der Waals surface area contributed by atoms with E-state index in [2.05, 4.69) is 22.9 Å². The molecular weight excluding hydrogens is 368 g/mol. The lowest BCUT2D eigenvalue weighted by molar-refractivity contribution is -0.159. The molecule has 2 heterocycles. The molecule has 2 saturated heterocycles. The number of rotatable bonds is 5. The Kier molecular flexibility index (Phi) is 5.49. The second-order valence-electron chi connectivity index (χ2n) is 8.67. The molecule has 156 valence electrons. The molecule has 3 fully saturated rings. The summed E-state index contributed by atoms with van der Waals surface area (Å²) in [5.41, 5.74) is 1.57. The summed E-state index contributed by atoms with van der Waals surface area (Å²) in [7, 11) is 1.40. The van der Waals surface area contributed by atoms with Gasteiger partial charge in [0.2, 0.25) is 6.41 Å². The van der Waals surface area contributed by atoms with Crippen molar-refractivity contribution in [3.63, 3.8) is 0 Å². The van der Waals surface area contributed by atoms with Gasteiger partial charge < -0.3 is 15.2 Å². The zero-order valence-electron chi connectivity index (χ0n) is 16.9. The first-order chi connectivity index (χ1) is 14.1. The lowest BCUT2D eigenvalue weighted by atomic mass is 9.62. The summed E-state index contributed by atoms with van der Waals surface area (Å²) in [6, 6.07) is 8.07. The summed E-state index contributed by atoms with van der Waals surface area (Å²) >= 11 is 0. The maximum absolute atomic E-state index is 12.5. The van der Waals surface area contributed by atoms with E-state index in [1.807, 2.05) is 24.3 Å². The standard InChI is InChI=1S/C23H30N2O4/c1-3-23(17-6-4-5-7-18(17)24-14-26)10-11-25-13-15-8-9-19(27)21(22(28)29-2)16(15)12-20(23)25/h3-7,14-16,19-21,27H,1,8-13H2,2H3,(H,24,26)/t15-,16-,19-,20-,21+,23+/m0/s1. The first kappa shape index (κ1) is 20.1. The van der Waals surface area contributed by atoms with Gasteiger partial charge in [-0.05, 0) is 55.7 Å². The highest BCUT2D eigenvalue weighted by molar-refractivity contribution is 5.75. The lowest BCUT2D eigenvalue weighted by Gasteiger charge is -2.50. The number of amides is 1. The van der Waals surface area contributed by atoms with Crippen LogP contribution in [-0.4, -0.2) is 54.7 Å². The molecule has 2 N–H and O–H groups in total. The number of ether oxygens (including phenoxy) is 1. The van der Waals surface area contributed by atoms with Crippen LogP contribution in [0.15, 0.2) is 36.9 Å². The van der Waals surface area contributed by atoms with Crippen LogP contribution in [0.3, 0.4) is 0 Å². The molecule has 3 aliphatic rings. The number of benzene rings is 1. The molecule has 6 atom stereocenters. The number of carbonyl (C=O) groups excluding carboxylic acids is 2. The van der Waals surface area contributed by atoms with Crippen molar-refractivity contribution in [1.82, 2.24) is 4.90 Å². The number of aliphatic hydroxyl groups excluding tert-OH is 1. The molecule has 0 spiro atoms. The van der Waals surface area contributed by atoms with Gasteiger partial charge in [0.25, 0.3) is 0 Å². The summed E-state index contributed by atoms with van der Waals surface area (Å²) in [5, 5.41) is 13.4. The molecule has 0 radical (unpaired) electrons. The smallest absolute Gasteiger partial charge is 0.311 e. The highest BCUT2D eigenvalue weighted by atomic mass is 16.5. The topological polar surface area (TPSA) is 78.9 Å². The molecule has 2 aliphatic heterocycles. The number of methoxy groups -OCH3 is 1. The zero-order chi connectivity index (χ0) is 20.6. The lowest BCUT2D eigenvalue weighted by Crippen LogP contribution is -2.56. The molecule has 1 aliphatic carbocycles. The minimum atomic E-state index is -0.640. The Hall–Kier alpha value is -2.18. The number of fused-ring (bicyclic) bond motifs is 2. The van der Waals surface area contributed by atoms with Crippen molar-refractivity contribution < 1.29 is 19.4 Å². The van der Waals surface area contributed by atoms with Crippen LogP contribution in [-0.2, 0) is 19.7 Å². The number of esters is 1. The second-order valence-corrected chi connectivity index (χ2v) is 8.67. The molecule has 4 rings (SSSR count). The van der Waals surface area contributed by atoms with E-state index in [1.165, 1.54) is 7.11 Å². The molecule has 0 bridgehead atoms. The van der Waals surface area contributed by atoms with E-state index in [-0.39, 0.29) is 23.3 Å². The van der Waals surface area contributed by atoms with Crippen molar-refractivity contribution in [1.29, 1.82) is 0 Å². The van der Waals surface area contributed by atoms with Gasteiger partial charge in [0, 0.05) is 23.7 Å². The fraction of sp³-hybridized carbons (Fsp3) is 0.565. The van der Waals surface area contributed by atoms with Crippen LogP contribution in [0.1, 0.15) is 31.2 Å². The Labute approximate surface area is 171 Å². The van der Waals surface area contributed by atoms with Crippen molar-refractivity contribution in [2.45, 2.75) is 43.2 Å². The fourth-order valence-electron chi connectivity index (χ4n) is 6.25. The van der Waals surface area contributed by atoms with Gasteiger partial charge in [0.1, 0.15) is 0 Å². The van der Waals surface area contributed by atoms with Crippen LogP contribution in [0.4, 0.5) is 5.69 Å². The van der Waals surface area contributed by atoms with Gasteiger partial charge in [-0.3, -0.25) is 14.5 Å². The van der Waals surface area contributed by atoms with E-state index in [9.17, 15) is 14.7 Å². The Bertz CT molecular complexity index is 797. The number of carbonyl (C=O) groups is 2. The number of piperidine rings is 1. The van der Waals surface area contributed by atoms with Crippen LogP contribution in [0.25, 0.3) is 0 Å². The Morgan fingerprint density at radius 1 is 1.38 bits per heavy atom. The van der Waals surface area contributed by atoms with Crippen molar-refractivity contribution in [2.75, 3.05) is 25.5 Å². The number of hydrogen-bond donors (Lipinski definition) is 2. The zero-order valence-corrected chi connectivity index (χ0v) is 16.9. The van der Waals surface area contributed by atoms with E-state index in [0.717, 1.165) is 43.6 Å². The Morgan fingerprint density at radius 2 is 2.17 bits per heavy atom. The summed E-state index contributed by atoms with van der Waals surface area (Å²) in [6.45, 7) is 6.07. The van der Waals surface area contributed by atoms with Crippen molar-refractivity contribution in [3.05, 3.63) is 42.5 Å². The number of hydrogen-bond acceptors (Lipinski definition) is 5. The van der Waals surface area contributed by atoms with Crippen molar-refractivity contribution >= 4 is 18.1 Å². The van der Waals surface area contributed by atoms with Gasteiger partial charge in [-0.1, -0.05) is 24.3 Å². The average molecular weight is 399 g/mol. The SMILES string of the molecule is C=C[C@]1(c2ccccc2NC=O)CCN2C[C@@H]3CC[C@H](O)[C@H](C(=O)OC)[C@H]3C[C@H]21. The molecule has 1 amide bonds. The number of anilines is 1. The van der Waals surface area contributed by atoms with Crippen LogP contribution >= 0.6 is 0 Å². The Morgan fingerprint density at radius 3 is 2.90 bits per heavy atom. The van der Waals surface area contributed by atoms with Gasteiger partial charge in [0.05, 0.1) is 19.1 Å². The van der Waals surface area contributed by atoms with E-state index in [4.69, 9.17) is 4.74 Å². The predicted molar refractivity (Wildman–Crippen MR) is 110 cm³/mol. The summed E-state index contributed by atoms with van der Waals surface area (Å²) < 4.78 is 5.05. The second kappa shape index (κ2) is 7.92. The summed E-state index contributed by atoms with van der Waals surface area (Å²) in [6.07, 6.45) is 5.41. The van der Waals surface area contributed by atoms with Crippen LogP contribution < -0.4 is 5.32 Å². The first-order valence-corrected chi connectivity index (χ1v) is 10.5. The molecule has 29 heavy (non-hydrogen) atoms. The normalized spacial score (nSPS) is 36.6. The van der Waals surface area contributed by atoms with Crippen LogP contribution in [0.5, 0.6) is 0 Å². The molecule has 1 aromatic carbocycles. The highest BCUT2D eigenvalue weighted by Gasteiger charge is 2.55. The molecule has 6 heteroatoms.